The van der Waals surface area contributed by atoms with E-state index in [0.29, 0.717) is 23.8 Å². The van der Waals surface area contributed by atoms with Crippen LogP contribution < -0.4 is 10.1 Å². The van der Waals surface area contributed by atoms with Gasteiger partial charge in [-0.05, 0) is 25.5 Å². The van der Waals surface area contributed by atoms with Gasteiger partial charge in [-0.3, -0.25) is 0 Å². The molecule has 0 aliphatic heterocycles. The van der Waals surface area contributed by atoms with Gasteiger partial charge in [0.2, 0.25) is 5.88 Å². The smallest absolute Gasteiger partial charge is 0.213 e. The first-order valence-corrected chi connectivity index (χ1v) is 6.34. The Kier molecular flexibility index (Phi) is 5.42. The molecule has 1 N–H and O–H groups in total. The second-order valence-electron chi connectivity index (χ2n) is 4.72. The number of hydrogen-bond donors (Lipinski definition) is 1. The van der Waals surface area contributed by atoms with Gasteiger partial charge in [0.05, 0.1) is 7.11 Å². The number of nitrogens with zero attached hydrogens (tertiary/aromatic N) is 1. The van der Waals surface area contributed by atoms with Crippen LogP contribution in [0.25, 0.3) is 0 Å². The highest BCUT2D eigenvalue weighted by atomic mass is 16.5. The van der Waals surface area contributed by atoms with Crippen LogP contribution in [0.2, 0.25) is 0 Å². The minimum Gasteiger partial charge on any atom is -0.481 e. The molecular formula is C14H24N2O. The van der Waals surface area contributed by atoms with E-state index in [2.05, 4.69) is 44.1 Å². The van der Waals surface area contributed by atoms with Crippen molar-refractivity contribution in [3.63, 3.8) is 0 Å². The zero-order valence-corrected chi connectivity index (χ0v) is 11.5. The van der Waals surface area contributed by atoms with E-state index in [0.717, 1.165) is 12.2 Å². The fourth-order valence-electron chi connectivity index (χ4n) is 2.35. The maximum absolute atomic E-state index is 5.19. The molecule has 0 amide bonds. The summed E-state index contributed by atoms with van der Waals surface area (Å²) in [6.45, 7) is 9.80. The molecule has 0 bridgehead atoms. The predicted molar refractivity (Wildman–Crippen MR) is 71.5 cm³/mol. The molecule has 3 heteroatoms. The summed E-state index contributed by atoms with van der Waals surface area (Å²) in [4.78, 5) is 4.55. The van der Waals surface area contributed by atoms with Gasteiger partial charge in [0.25, 0.3) is 0 Å². The van der Waals surface area contributed by atoms with Gasteiger partial charge >= 0.3 is 0 Å². The third-order valence-electron chi connectivity index (χ3n) is 3.08. The molecule has 1 aromatic rings. The molecule has 0 aromatic carbocycles. The zero-order valence-electron chi connectivity index (χ0n) is 11.5. The van der Waals surface area contributed by atoms with Crippen LogP contribution in [0.5, 0.6) is 5.88 Å². The molecule has 0 saturated heterocycles. The average Bonchev–Trinajstić information content (AvgIpc) is 2.29. The summed E-state index contributed by atoms with van der Waals surface area (Å²) in [7, 11) is 1.66. The molecule has 3 nitrogen and oxygen atoms in total. The number of hydrogen-bond acceptors (Lipinski definition) is 3. The van der Waals surface area contributed by atoms with Crippen molar-refractivity contribution in [1.82, 2.24) is 10.3 Å². The van der Waals surface area contributed by atoms with Gasteiger partial charge in [-0.25, -0.2) is 4.98 Å². The van der Waals surface area contributed by atoms with Crippen LogP contribution in [0.3, 0.4) is 0 Å². The van der Waals surface area contributed by atoms with E-state index in [4.69, 9.17) is 4.74 Å². The normalized spacial score (nSPS) is 14.7. The number of nitrogens with one attached hydrogen (secondary N) is 1. The number of rotatable bonds is 6. The van der Waals surface area contributed by atoms with Crippen LogP contribution in [0, 0.1) is 5.92 Å². The predicted octanol–water partition coefficient (Wildman–Crippen LogP) is 2.83. The Morgan fingerprint density at radius 2 is 2.00 bits per heavy atom. The quantitative estimate of drug-likeness (QED) is 0.824. The Balaban J connectivity index is 2.96. The van der Waals surface area contributed by atoms with Crippen molar-refractivity contribution < 1.29 is 4.74 Å². The lowest BCUT2D eigenvalue weighted by Crippen LogP contribution is -2.35. The molecule has 17 heavy (non-hydrogen) atoms. The molecule has 1 rings (SSSR count). The van der Waals surface area contributed by atoms with E-state index in [1.54, 1.807) is 7.11 Å². The van der Waals surface area contributed by atoms with E-state index in [1.807, 2.05) is 12.1 Å². The van der Waals surface area contributed by atoms with E-state index in [-0.39, 0.29) is 0 Å². The summed E-state index contributed by atoms with van der Waals surface area (Å²) in [5, 5.41) is 3.48. The standard InChI is InChI=1S/C14H24N2O/c1-6-15-11(4)14(10(2)3)12-8-7-9-13(16-12)17-5/h7-11,14-15H,6H2,1-5H3. The van der Waals surface area contributed by atoms with Crippen molar-refractivity contribution in [2.24, 2.45) is 5.92 Å². The number of aromatic nitrogens is 1. The molecule has 0 saturated carbocycles. The Morgan fingerprint density at radius 1 is 1.29 bits per heavy atom. The van der Waals surface area contributed by atoms with Gasteiger partial charge < -0.3 is 10.1 Å². The zero-order chi connectivity index (χ0) is 12.8. The Labute approximate surface area is 105 Å². The summed E-state index contributed by atoms with van der Waals surface area (Å²) in [5.41, 5.74) is 1.10. The molecule has 0 aliphatic rings. The molecule has 1 heterocycles. The van der Waals surface area contributed by atoms with Gasteiger partial charge in [0.15, 0.2) is 0 Å². The van der Waals surface area contributed by atoms with Crippen LogP contribution in [0.4, 0.5) is 0 Å². The summed E-state index contributed by atoms with van der Waals surface area (Å²) in [6, 6.07) is 6.40. The summed E-state index contributed by atoms with van der Waals surface area (Å²) in [5.74, 6) is 1.64. The van der Waals surface area contributed by atoms with Crippen LogP contribution in [-0.4, -0.2) is 24.7 Å². The second kappa shape index (κ2) is 6.60. The first-order chi connectivity index (χ1) is 8.10. The molecule has 96 valence electrons. The maximum atomic E-state index is 5.19. The lowest BCUT2D eigenvalue weighted by molar-refractivity contribution is 0.362. The highest BCUT2D eigenvalue weighted by molar-refractivity contribution is 5.20. The third-order valence-corrected chi connectivity index (χ3v) is 3.08. The summed E-state index contributed by atoms with van der Waals surface area (Å²) >= 11 is 0. The van der Waals surface area contributed by atoms with Crippen molar-refractivity contribution in [2.75, 3.05) is 13.7 Å². The number of pyridine rings is 1. The van der Waals surface area contributed by atoms with Crippen molar-refractivity contribution >= 4 is 0 Å². The first-order valence-electron chi connectivity index (χ1n) is 6.34. The van der Waals surface area contributed by atoms with Crippen molar-refractivity contribution in [3.8, 4) is 5.88 Å². The minimum absolute atomic E-state index is 0.407. The number of methoxy groups -OCH3 is 1. The van der Waals surface area contributed by atoms with Gasteiger partial charge in [0, 0.05) is 23.7 Å². The van der Waals surface area contributed by atoms with Crippen molar-refractivity contribution in [3.05, 3.63) is 23.9 Å². The second-order valence-corrected chi connectivity index (χ2v) is 4.72. The molecule has 0 spiro atoms. The van der Waals surface area contributed by atoms with E-state index < -0.39 is 0 Å². The summed E-state index contributed by atoms with van der Waals surface area (Å²) in [6.07, 6.45) is 0. The SMILES string of the molecule is CCNC(C)C(c1cccc(OC)n1)C(C)C. The lowest BCUT2D eigenvalue weighted by Gasteiger charge is -2.27. The number of ether oxygens (including phenoxy) is 1. The van der Waals surface area contributed by atoms with Crippen molar-refractivity contribution in [1.29, 1.82) is 0 Å². The highest BCUT2D eigenvalue weighted by Crippen LogP contribution is 2.27. The van der Waals surface area contributed by atoms with Gasteiger partial charge in [-0.15, -0.1) is 0 Å². The molecule has 0 aliphatic carbocycles. The van der Waals surface area contributed by atoms with E-state index >= 15 is 0 Å². The fourth-order valence-corrected chi connectivity index (χ4v) is 2.35. The Hall–Kier alpha value is -1.09. The highest BCUT2D eigenvalue weighted by Gasteiger charge is 2.23. The Bertz CT molecular complexity index is 339. The topological polar surface area (TPSA) is 34.1 Å². The van der Waals surface area contributed by atoms with E-state index in [9.17, 15) is 0 Å². The van der Waals surface area contributed by atoms with Crippen molar-refractivity contribution in [2.45, 2.75) is 39.7 Å². The average molecular weight is 236 g/mol. The molecule has 2 unspecified atom stereocenters. The van der Waals surface area contributed by atoms with Crippen LogP contribution >= 0.6 is 0 Å². The molecule has 1 aromatic heterocycles. The molecular weight excluding hydrogens is 212 g/mol. The van der Waals surface area contributed by atoms with Gasteiger partial charge in [0.1, 0.15) is 0 Å². The molecule has 0 fully saturated rings. The monoisotopic (exact) mass is 236 g/mol. The molecule has 0 radical (unpaired) electrons. The number of likely N-dealkylation sites (N-methyl/N-ethyl adjacent to an activating group) is 1. The Morgan fingerprint density at radius 3 is 2.53 bits per heavy atom. The maximum Gasteiger partial charge on any atom is 0.213 e. The van der Waals surface area contributed by atoms with Gasteiger partial charge in [-0.1, -0.05) is 26.8 Å². The first kappa shape index (κ1) is 14.0. The summed E-state index contributed by atoms with van der Waals surface area (Å²) < 4.78 is 5.19. The van der Waals surface area contributed by atoms with E-state index in [1.165, 1.54) is 0 Å². The third kappa shape index (κ3) is 3.70. The molecule has 2 atom stereocenters. The minimum atomic E-state index is 0.407. The lowest BCUT2D eigenvalue weighted by atomic mass is 9.86. The van der Waals surface area contributed by atoms with Crippen LogP contribution in [0.1, 0.15) is 39.3 Å². The van der Waals surface area contributed by atoms with Crippen LogP contribution in [0.15, 0.2) is 18.2 Å². The fraction of sp³-hybridized carbons (Fsp3) is 0.643. The largest absolute Gasteiger partial charge is 0.481 e. The van der Waals surface area contributed by atoms with Crippen LogP contribution in [-0.2, 0) is 0 Å². The van der Waals surface area contributed by atoms with Gasteiger partial charge in [-0.2, -0.15) is 0 Å².